The first-order valence-electron chi connectivity index (χ1n) is 8.70. The Labute approximate surface area is 146 Å². The van der Waals surface area contributed by atoms with Crippen molar-refractivity contribution in [2.24, 2.45) is 0 Å². The first kappa shape index (κ1) is 16.0. The highest BCUT2D eigenvalue weighted by Gasteiger charge is 2.26. The summed E-state index contributed by atoms with van der Waals surface area (Å²) in [5.74, 6) is 1.78. The lowest BCUT2D eigenvalue weighted by Crippen LogP contribution is -2.23. The molecule has 0 atom stereocenters. The lowest BCUT2D eigenvalue weighted by atomic mass is 9.96. The molecule has 0 unspecified atom stereocenters. The van der Waals surface area contributed by atoms with Gasteiger partial charge in [-0.05, 0) is 19.8 Å². The topological polar surface area (TPSA) is 85.8 Å². The third-order valence-corrected chi connectivity index (χ3v) is 4.59. The van der Waals surface area contributed by atoms with Crippen LogP contribution in [0.15, 0.2) is 11.0 Å². The number of fused-ring (bicyclic) bond motifs is 1. The maximum absolute atomic E-state index is 4.87. The van der Waals surface area contributed by atoms with E-state index in [4.69, 9.17) is 14.6 Å². The summed E-state index contributed by atoms with van der Waals surface area (Å²) in [6, 6.07) is 0. The molecule has 3 aromatic heterocycles. The number of hydrogen-bond acceptors (Lipinski definition) is 7. The van der Waals surface area contributed by atoms with Gasteiger partial charge in [0.05, 0.1) is 12.9 Å². The molecule has 0 radical (unpaired) electrons. The average Bonchev–Trinajstić information content (AvgIpc) is 3.29. The molecule has 3 aromatic rings. The van der Waals surface area contributed by atoms with Crippen LogP contribution in [0.25, 0.3) is 11.2 Å². The standard InChI is InChI=1S/C17H23N7O/c1-11-12(22-25-21-11)9-24-10-18-13-14(23-7-5-6-8-23)19-16(17(2,3)4)20-15(13)24/h10H,5-9H2,1-4H3. The van der Waals surface area contributed by atoms with E-state index in [2.05, 4.69) is 41.0 Å². The summed E-state index contributed by atoms with van der Waals surface area (Å²) in [5, 5.41) is 7.83. The summed E-state index contributed by atoms with van der Waals surface area (Å²) in [6.45, 7) is 10.9. The van der Waals surface area contributed by atoms with Crippen LogP contribution in [-0.4, -0.2) is 42.9 Å². The Morgan fingerprint density at radius 2 is 1.88 bits per heavy atom. The Morgan fingerprint density at radius 3 is 2.52 bits per heavy atom. The zero-order valence-electron chi connectivity index (χ0n) is 15.2. The van der Waals surface area contributed by atoms with Crippen LogP contribution in [0.3, 0.4) is 0 Å². The molecule has 4 rings (SSSR count). The van der Waals surface area contributed by atoms with Gasteiger partial charge in [0.1, 0.15) is 17.2 Å². The summed E-state index contributed by atoms with van der Waals surface area (Å²) in [5.41, 5.74) is 3.13. The van der Waals surface area contributed by atoms with Crippen molar-refractivity contribution < 1.29 is 4.63 Å². The minimum absolute atomic E-state index is 0.136. The van der Waals surface area contributed by atoms with E-state index in [0.717, 1.165) is 47.3 Å². The van der Waals surface area contributed by atoms with Crippen molar-refractivity contribution in [3.63, 3.8) is 0 Å². The Kier molecular flexibility index (Phi) is 3.70. The van der Waals surface area contributed by atoms with E-state index >= 15 is 0 Å². The number of aromatic nitrogens is 6. The predicted octanol–water partition coefficient (Wildman–Crippen LogP) is 2.46. The quantitative estimate of drug-likeness (QED) is 0.723. The number of anilines is 1. The Bertz CT molecular complexity index is 899. The van der Waals surface area contributed by atoms with E-state index in [9.17, 15) is 0 Å². The molecule has 1 saturated heterocycles. The van der Waals surface area contributed by atoms with Gasteiger partial charge in [-0.3, -0.25) is 0 Å². The Balaban J connectivity index is 1.85. The van der Waals surface area contributed by atoms with Crippen molar-refractivity contribution in [2.45, 2.75) is 52.5 Å². The molecule has 0 aromatic carbocycles. The Hall–Kier alpha value is -2.51. The molecule has 8 nitrogen and oxygen atoms in total. The van der Waals surface area contributed by atoms with E-state index in [1.807, 2.05) is 11.5 Å². The number of hydrogen-bond donors (Lipinski definition) is 0. The van der Waals surface area contributed by atoms with Crippen molar-refractivity contribution >= 4 is 17.0 Å². The van der Waals surface area contributed by atoms with Gasteiger partial charge in [0.15, 0.2) is 17.0 Å². The highest BCUT2D eigenvalue weighted by molar-refractivity contribution is 5.84. The zero-order valence-corrected chi connectivity index (χ0v) is 15.2. The van der Waals surface area contributed by atoms with Gasteiger partial charge in [-0.1, -0.05) is 31.1 Å². The van der Waals surface area contributed by atoms with E-state index in [-0.39, 0.29) is 5.41 Å². The molecule has 4 heterocycles. The van der Waals surface area contributed by atoms with Crippen molar-refractivity contribution in [3.05, 3.63) is 23.5 Å². The maximum atomic E-state index is 4.87. The van der Waals surface area contributed by atoms with Crippen LogP contribution < -0.4 is 4.90 Å². The van der Waals surface area contributed by atoms with Gasteiger partial charge in [-0.15, -0.1) is 0 Å². The van der Waals surface area contributed by atoms with Gasteiger partial charge >= 0.3 is 0 Å². The minimum atomic E-state index is -0.136. The number of nitrogens with zero attached hydrogens (tertiary/aromatic N) is 7. The molecular weight excluding hydrogens is 318 g/mol. The lowest BCUT2D eigenvalue weighted by Gasteiger charge is -2.22. The molecule has 1 fully saturated rings. The van der Waals surface area contributed by atoms with Gasteiger partial charge in [0.25, 0.3) is 0 Å². The fraction of sp³-hybridized carbons (Fsp3) is 0.588. The van der Waals surface area contributed by atoms with Crippen molar-refractivity contribution in [3.8, 4) is 0 Å². The van der Waals surface area contributed by atoms with E-state index in [1.165, 1.54) is 12.8 Å². The van der Waals surface area contributed by atoms with Gasteiger partial charge in [-0.2, -0.15) is 0 Å². The second-order valence-electron chi connectivity index (χ2n) is 7.66. The van der Waals surface area contributed by atoms with Gasteiger partial charge in [0, 0.05) is 18.5 Å². The van der Waals surface area contributed by atoms with Gasteiger partial charge < -0.3 is 9.47 Å². The van der Waals surface area contributed by atoms with Crippen LogP contribution in [0.5, 0.6) is 0 Å². The molecule has 0 amide bonds. The van der Waals surface area contributed by atoms with Gasteiger partial charge in [0.2, 0.25) is 0 Å². The summed E-state index contributed by atoms with van der Waals surface area (Å²) in [7, 11) is 0. The van der Waals surface area contributed by atoms with Crippen LogP contribution in [0.1, 0.15) is 50.8 Å². The molecular formula is C17H23N7O. The Morgan fingerprint density at radius 1 is 1.12 bits per heavy atom. The SMILES string of the molecule is Cc1nonc1Cn1cnc2c(N3CCCC3)nc(C(C)(C)C)nc21. The first-order valence-corrected chi connectivity index (χ1v) is 8.70. The van der Waals surface area contributed by atoms with E-state index < -0.39 is 0 Å². The molecule has 0 aliphatic carbocycles. The predicted molar refractivity (Wildman–Crippen MR) is 93.6 cm³/mol. The molecule has 1 aliphatic heterocycles. The molecule has 0 spiro atoms. The third kappa shape index (κ3) is 2.85. The lowest BCUT2D eigenvalue weighted by molar-refractivity contribution is 0.300. The monoisotopic (exact) mass is 341 g/mol. The molecule has 1 aliphatic rings. The first-order chi connectivity index (χ1) is 11.9. The van der Waals surface area contributed by atoms with Crippen LogP contribution in [0, 0.1) is 6.92 Å². The largest absolute Gasteiger partial charge is 0.355 e. The fourth-order valence-electron chi connectivity index (χ4n) is 3.08. The normalized spacial score (nSPS) is 15.4. The van der Waals surface area contributed by atoms with Crippen LogP contribution in [0.4, 0.5) is 5.82 Å². The molecule has 0 saturated carbocycles. The number of aryl methyl sites for hydroxylation is 1. The molecule has 0 bridgehead atoms. The molecule has 0 N–H and O–H groups in total. The highest BCUT2D eigenvalue weighted by Crippen LogP contribution is 2.29. The van der Waals surface area contributed by atoms with Crippen LogP contribution in [0.2, 0.25) is 0 Å². The summed E-state index contributed by atoms with van der Waals surface area (Å²) >= 11 is 0. The van der Waals surface area contributed by atoms with E-state index in [1.54, 1.807) is 6.33 Å². The third-order valence-electron chi connectivity index (χ3n) is 4.59. The number of rotatable bonds is 3. The fourth-order valence-corrected chi connectivity index (χ4v) is 3.08. The average molecular weight is 341 g/mol. The summed E-state index contributed by atoms with van der Waals surface area (Å²) < 4.78 is 6.81. The van der Waals surface area contributed by atoms with Gasteiger partial charge in [-0.25, -0.2) is 19.6 Å². The number of imidazole rings is 1. The highest BCUT2D eigenvalue weighted by atomic mass is 16.6. The minimum Gasteiger partial charge on any atom is -0.355 e. The van der Waals surface area contributed by atoms with Crippen molar-refractivity contribution in [2.75, 3.05) is 18.0 Å². The maximum Gasteiger partial charge on any atom is 0.166 e. The summed E-state index contributed by atoms with van der Waals surface area (Å²) in [4.78, 5) is 16.6. The van der Waals surface area contributed by atoms with E-state index in [0.29, 0.717) is 6.54 Å². The summed E-state index contributed by atoms with van der Waals surface area (Å²) in [6.07, 6.45) is 4.20. The zero-order chi connectivity index (χ0) is 17.6. The molecule has 132 valence electrons. The van der Waals surface area contributed by atoms with Crippen molar-refractivity contribution in [1.29, 1.82) is 0 Å². The second kappa shape index (κ2) is 5.79. The van der Waals surface area contributed by atoms with Crippen LogP contribution >= 0.6 is 0 Å². The second-order valence-corrected chi connectivity index (χ2v) is 7.66. The smallest absolute Gasteiger partial charge is 0.166 e. The van der Waals surface area contributed by atoms with Crippen LogP contribution in [-0.2, 0) is 12.0 Å². The van der Waals surface area contributed by atoms with Crippen molar-refractivity contribution in [1.82, 2.24) is 29.8 Å². The molecule has 8 heteroatoms. The molecule has 25 heavy (non-hydrogen) atoms.